The van der Waals surface area contributed by atoms with E-state index in [1.807, 2.05) is 0 Å². The molecule has 0 spiro atoms. The van der Waals surface area contributed by atoms with Gasteiger partial charge in [0, 0.05) is 0 Å². The number of alkyl halides is 3. The number of esters is 1. The molecule has 0 aliphatic rings. The maximum atomic E-state index is 12.3. The number of aromatic nitrogens is 1. The second kappa shape index (κ2) is 7.79. The van der Waals surface area contributed by atoms with Gasteiger partial charge >= 0.3 is 21.5 Å². The topological polar surface area (TPSA) is 94.6 Å². The number of aryl methyl sites for hydroxylation is 1. The number of rotatable bonds is 7. The Bertz CT molecular complexity index is 691. The number of hydrogen-bond donors (Lipinski definition) is 1. The molecule has 24 heavy (non-hydrogen) atoms. The summed E-state index contributed by atoms with van der Waals surface area (Å²) >= 11 is 0. The fraction of sp³-hybridized carbons (Fsp3) is 0.538. The molecule has 1 atom stereocenters. The molecule has 0 aromatic carbocycles. The summed E-state index contributed by atoms with van der Waals surface area (Å²) in [7, 11) is -5.46. The minimum atomic E-state index is -5.46. The molecule has 1 rings (SSSR count). The van der Waals surface area contributed by atoms with Crippen LogP contribution in [0.1, 0.15) is 29.9 Å². The molecule has 1 heterocycles. The smallest absolute Gasteiger partial charge is 0.490 e. The van der Waals surface area contributed by atoms with E-state index in [1.165, 1.54) is 23.9 Å². The average Bonchev–Trinajstić information content (AvgIpc) is 2.45. The van der Waals surface area contributed by atoms with Gasteiger partial charge in [-0.3, -0.25) is 4.98 Å². The Hall–Kier alpha value is -1.88. The number of sulfonamides is 1. The molecule has 136 valence electrons. The second-order valence-corrected chi connectivity index (χ2v) is 6.51. The van der Waals surface area contributed by atoms with Crippen molar-refractivity contribution in [3.05, 3.63) is 23.5 Å². The Morgan fingerprint density at radius 1 is 1.42 bits per heavy atom. The average molecular weight is 370 g/mol. The third-order valence-corrected chi connectivity index (χ3v) is 4.04. The van der Waals surface area contributed by atoms with E-state index in [0.29, 0.717) is 5.69 Å². The van der Waals surface area contributed by atoms with Gasteiger partial charge in [0.2, 0.25) is 0 Å². The van der Waals surface area contributed by atoms with Crippen LogP contribution in [0.25, 0.3) is 0 Å². The predicted molar refractivity (Wildman–Crippen MR) is 78.0 cm³/mol. The van der Waals surface area contributed by atoms with Crippen LogP contribution in [0.4, 0.5) is 13.2 Å². The molecule has 0 bridgehead atoms. The lowest BCUT2D eigenvalue weighted by atomic mass is 10.2. The second-order valence-electron chi connectivity index (χ2n) is 4.80. The van der Waals surface area contributed by atoms with E-state index in [2.05, 4.69) is 4.98 Å². The number of hydrogen-bond acceptors (Lipinski definition) is 6. The van der Waals surface area contributed by atoms with Crippen molar-refractivity contribution in [2.75, 3.05) is 13.2 Å². The number of carbonyl (C=O) groups is 1. The summed E-state index contributed by atoms with van der Waals surface area (Å²) in [6, 6.07) is 0.176. The first kappa shape index (κ1) is 20.2. The molecule has 0 radical (unpaired) electrons. The zero-order valence-corrected chi connectivity index (χ0v) is 14.0. The highest BCUT2D eigenvalue weighted by Gasteiger charge is 2.46. The van der Waals surface area contributed by atoms with Gasteiger partial charge < -0.3 is 9.47 Å². The third kappa shape index (κ3) is 5.34. The van der Waals surface area contributed by atoms with Crippen LogP contribution in [0.3, 0.4) is 0 Å². The normalized spacial score (nSPS) is 13.4. The van der Waals surface area contributed by atoms with Gasteiger partial charge in [-0.25, -0.2) is 17.9 Å². The molecule has 7 nitrogen and oxygen atoms in total. The number of carbonyl (C=O) groups excluding carboxylic acids is 1. The molecule has 0 saturated heterocycles. The summed E-state index contributed by atoms with van der Waals surface area (Å²) in [5, 5.41) is 0. The van der Waals surface area contributed by atoms with Crippen LogP contribution in [0.15, 0.2) is 12.3 Å². The monoisotopic (exact) mass is 370 g/mol. The Balaban J connectivity index is 2.74. The van der Waals surface area contributed by atoms with E-state index in [-0.39, 0.29) is 24.5 Å². The van der Waals surface area contributed by atoms with Crippen molar-refractivity contribution >= 4 is 16.0 Å². The molecule has 0 saturated carbocycles. The fourth-order valence-electron chi connectivity index (χ4n) is 1.60. The molecule has 0 fully saturated rings. The van der Waals surface area contributed by atoms with Crippen LogP contribution in [-0.2, 0) is 14.8 Å². The molecule has 0 amide bonds. The minimum Gasteiger partial charge on any atom is -0.490 e. The summed E-state index contributed by atoms with van der Waals surface area (Å²) in [5.74, 6) is -0.513. The number of ether oxygens (including phenoxy) is 2. The molecule has 0 unspecified atom stereocenters. The molecule has 0 aliphatic carbocycles. The van der Waals surface area contributed by atoms with Crippen molar-refractivity contribution in [1.29, 1.82) is 0 Å². The number of pyridine rings is 1. The van der Waals surface area contributed by atoms with E-state index in [1.54, 1.807) is 13.8 Å². The molecule has 1 N–H and O–H groups in total. The lowest BCUT2D eigenvalue weighted by Crippen LogP contribution is -2.43. The molecular formula is C13H17F3N2O5S. The molecular weight excluding hydrogens is 353 g/mol. The van der Waals surface area contributed by atoms with E-state index in [9.17, 15) is 26.4 Å². The maximum Gasteiger partial charge on any atom is 0.511 e. The van der Waals surface area contributed by atoms with E-state index in [0.717, 1.165) is 0 Å². The van der Waals surface area contributed by atoms with Crippen molar-refractivity contribution < 1.29 is 35.9 Å². The highest BCUT2D eigenvalue weighted by atomic mass is 32.2. The summed E-state index contributed by atoms with van der Waals surface area (Å²) in [4.78, 5) is 15.6. The van der Waals surface area contributed by atoms with E-state index >= 15 is 0 Å². The van der Waals surface area contributed by atoms with Gasteiger partial charge in [-0.2, -0.15) is 13.2 Å². The standard InChI is InChI=1S/C13H17F3N2O5S/c1-4-22-12(19)11-5-10(6-17-9(11)3)23-7-8(2)18-24(20,21)13(14,15)16/h5-6,8,18H,4,7H2,1-3H3/t8-/m0/s1. The first-order valence-corrected chi connectivity index (χ1v) is 8.31. The Morgan fingerprint density at radius 3 is 2.58 bits per heavy atom. The van der Waals surface area contributed by atoms with Crippen molar-refractivity contribution in [2.45, 2.75) is 32.3 Å². The number of halogens is 3. The van der Waals surface area contributed by atoms with Gasteiger partial charge in [0.15, 0.2) is 0 Å². The highest BCUT2D eigenvalue weighted by molar-refractivity contribution is 7.90. The van der Waals surface area contributed by atoms with E-state index < -0.39 is 27.5 Å². The van der Waals surface area contributed by atoms with Crippen molar-refractivity contribution in [3.8, 4) is 5.75 Å². The summed E-state index contributed by atoms with van der Waals surface area (Å²) in [5.41, 5.74) is -4.85. The van der Waals surface area contributed by atoms with Crippen molar-refractivity contribution in [1.82, 2.24) is 9.71 Å². The minimum absolute atomic E-state index is 0.0988. The summed E-state index contributed by atoms with van der Waals surface area (Å²) in [6.45, 7) is 4.20. The van der Waals surface area contributed by atoms with Gasteiger partial charge in [-0.1, -0.05) is 0 Å². The molecule has 1 aromatic heterocycles. The van der Waals surface area contributed by atoms with Crippen LogP contribution in [0, 0.1) is 6.92 Å². The maximum absolute atomic E-state index is 12.3. The fourth-order valence-corrected chi connectivity index (χ4v) is 2.33. The Morgan fingerprint density at radius 2 is 2.04 bits per heavy atom. The first-order chi connectivity index (χ1) is 11.0. The van der Waals surface area contributed by atoms with Crippen molar-refractivity contribution in [2.24, 2.45) is 0 Å². The van der Waals surface area contributed by atoms with Crippen LogP contribution < -0.4 is 9.46 Å². The lowest BCUT2D eigenvalue weighted by molar-refractivity contribution is -0.0451. The van der Waals surface area contributed by atoms with Gasteiger partial charge in [0.1, 0.15) is 12.4 Å². The number of nitrogens with one attached hydrogen (secondary N) is 1. The van der Waals surface area contributed by atoms with Crippen LogP contribution in [-0.4, -0.2) is 44.1 Å². The first-order valence-electron chi connectivity index (χ1n) is 6.83. The SMILES string of the molecule is CCOC(=O)c1cc(OC[C@H](C)NS(=O)(=O)C(F)(F)F)cnc1C. The highest BCUT2D eigenvalue weighted by Crippen LogP contribution is 2.22. The molecule has 0 aliphatic heterocycles. The van der Waals surface area contributed by atoms with Gasteiger partial charge in [0.25, 0.3) is 0 Å². The van der Waals surface area contributed by atoms with Crippen LogP contribution in [0.2, 0.25) is 0 Å². The van der Waals surface area contributed by atoms with E-state index in [4.69, 9.17) is 9.47 Å². The zero-order chi connectivity index (χ0) is 18.5. The summed E-state index contributed by atoms with van der Waals surface area (Å²) in [6.07, 6.45) is 1.27. The largest absolute Gasteiger partial charge is 0.511 e. The van der Waals surface area contributed by atoms with Gasteiger partial charge in [-0.15, -0.1) is 0 Å². The summed E-state index contributed by atoms with van der Waals surface area (Å²) < 4.78 is 70.2. The lowest BCUT2D eigenvalue weighted by Gasteiger charge is -2.16. The van der Waals surface area contributed by atoms with Crippen LogP contribution in [0.5, 0.6) is 5.75 Å². The third-order valence-electron chi connectivity index (χ3n) is 2.72. The Labute approximate surface area is 137 Å². The van der Waals surface area contributed by atoms with Crippen molar-refractivity contribution in [3.63, 3.8) is 0 Å². The number of nitrogens with zero attached hydrogens (tertiary/aromatic N) is 1. The zero-order valence-electron chi connectivity index (χ0n) is 13.2. The Kier molecular flexibility index (Phi) is 6.55. The predicted octanol–water partition coefficient (Wildman–Crippen LogP) is 1.77. The molecule has 11 heteroatoms. The quantitative estimate of drug-likeness (QED) is 0.735. The van der Waals surface area contributed by atoms with Gasteiger partial charge in [0.05, 0.1) is 30.1 Å². The molecule has 1 aromatic rings. The van der Waals surface area contributed by atoms with Gasteiger partial charge in [-0.05, 0) is 26.8 Å². The van der Waals surface area contributed by atoms with Crippen LogP contribution >= 0.6 is 0 Å².